The van der Waals surface area contributed by atoms with Crippen LogP contribution in [0.3, 0.4) is 0 Å². The number of hydrogen-bond acceptors (Lipinski definition) is 0. The molecule has 0 heterocycles. The molecule has 1 aliphatic carbocycles. The number of rotatable bonds is 0. The van der Waals surface area contributed by atoms with Crippen LogP contribution in [-0.4, -0.2) is 0 Å². The van der Waals surface area contributed by atoms with Gasteiger partial charge in [-0.2, -0.15) is 0 Å². The molecule has 14 heavy (non-hydrogen) atoms. The van der Waals surface area contributed by atoms with E-state index in [1.165, 1.54) is 38.5 Å². The molecule has 0 nitrogen and oxygen atoms in total. The lowest BCUT2D eigenvalue weighted by Crippen LogP contribution is -1.85. The van der Waals surface area contributed by atoms with Gasteiger partial charge < -0.3 is 0 Å². The molecule has 0 unspecified atom stereocenters. The van der Waals surface area contributed by atoms with E-state index in [0.29, 0.717) is 10.0 Å². The zero-order valence-corrected chi connectivity index (χ0v) is 9.82. The van der Waals surface area contributed by atoms with Crippen LogP contribution in [0.25, 0.3) is 0 Å². The molecule has 0 amide bonds. The van der Waals surface area contributed by atoms with Gasteiger partial charge in [0.05, 0.1) is 10.0 Å². The molecule has 0 spiro atoms. The van der Waals surface area contributed by atoms with Crippen LogP contribution in [0.1, 0.15) is 38.5 Å². The van der Waals surface area contributed by atoms with Gasteiger partial charge in [0, 0.05) is 0 Å². The molecule has 1 aliphatic rings. The van der Waals surface area contributed by atoms with Gasteiger partial charge in [-0.3, -0.25) is 0 Å². The Morgan fingerprint density at radius 2 is 0.929 bits per heavy atom. The van der Waals surface area contributed by atoms with Crippen molar-refractivity contribution in [1.29, 1.82) is 0 Å². The maximum atomic E-state index is 5.58. The van der Waals surface area contributed by atoms with Crippen LogP contribution in [0.5, 0.6) is 0 Å². The maximum absolute atomic E-state index is 5.58. The van der Waals surface area contributed by atoms with Crippen LogP contribution >= 0.6 is 23.2 Å². The average molecular weight is 231 g/mol. The van der Waals surface area contributed by atoms with Crippen molar-refractivity contribution in [2.24, 2.45) is 0 Å². The van der Waals surface area contributed by atoms with Crippen LogP contribution < -0.4 is 0 Å². The van der Waals surface area contributed by atoms with E-state index in [0.717, 1.165) is 0 Å². The molecule has 0 saturated heterocycles. The summed E-state index contributed by atoms with van der Waals surface area (Å²) in [4.78, 5) is 0. The van der Waals surface area contributed by atoms with Gasteiger partial charge in [0.25, 0.3) is 0 Å². The minimum Gasteiger partial charge on any atom is -0.0827 e. The van der Waals surface area contributed by atoms with E-state index in [-0.39, 0.29) is 0 Å². The van der Waals surface area contributed by atoms with Crippen LogP contribution in [-0.2, 0) is 0 Å². The van der Waals surface area contributed by atoms with Gasteiger partial charge in [-0.05, 0) is 12.1 Å². The fraction of sp³-hybridized carbons (Fsp3) is 0.500. The SMILES string of the molecule is C1CCCCC1.Clc1ccccc1Cl. The Morgan fingerprint density at radius 1 is 0.643 bits per heavy atom. The molecule has 0 atom stereocenters. The highest BCUT2D eigenvalue weighted by Gasteiger charge is 1.95. The molecule has 1 fully saturated rings. The van der Waals surface area contributed by atoms with Crippen molar-refractivity contribution in [1.82, 2.24) is 0 Å². The minimum atomic E-state index is 0.606. The summed E-state index contributed by atoms with van der Waals surface area (Å²) < 4.78 is 0. The molecular formula is C12H16Cl2. The van der Waals surface area contributed by atoms with E-state index in [9.17, 15) is 0 Å². The lowest BCUT2D eigenvalue weighted by Gasteiger charge is -2.05. The van der Waals surface area contributed by atoms with E-state index >= 15 is 0 Å². The molecule has 1 saturated carbocycles. The lowest BCUT2D eigenvalue weighted by atomic mass is 10.0. The van der Waals surface area contributed by atoms with Crippen molar-refractivity contribution in [3.05, 3.63) is 34.3 Å². The molecule has 1 aromatic rings. The molecule has 1 aromatic carbocycles. The smallest absolute Gasteiger partial charge is 0.0592 e. The Balaban J connectivity index is 0.000000146. The van der Waals surface area contributed by atoms with Crippen LogP contribution in [0, 0.1) is 0 Å². The third-order valence-electron chi connectivity index (χ3n) is 2.32. The monoisotopic (exact) mass is 230 g/mol. The number of hydrogen-bond donors (Lipinski definition) is 0. The van der Waals surface area contributed by atoms with E-state index in [1.807, 2.05) is 12.1 Å². The summed E-state index contributed by atoms with van der Waals surface area (Å²) in [6.07, 6.45) is 9.00. The molecule has 0 radical (unpaired) electrons. The highest BCUT2D eigenvalue weighted by atomic mass is 35.5. The Bertz CT molecular complexity index is 222. The summed E-state index contributed by atoms with van der Waals surface area (Å²) in [6.45, 7) is 0. The van der Waals surface area contributed by atoms with Crippen molar-refractivity contribution in [2.75, 3.05) is 0 Å². The van der Waals surface area contributed by atoms with E-state index in [2.05, 4.69) is 0 Å². The fourth-order valence-electron chi connectivity index (χ4n) is 1.50. The molecule has 2 rings (SSSR count). The molecular weight excluding hydrogens is 215 g/mol. The van der Waals surface area contributed by atoms with E-state index in [1.54, 1.807) is 12.1 Å². The average Bonchev–Trinajstić information content (AvgIpc) is 2.26. The predicted molar refractivity (Wildman–Crippen MR) is 64.2 cm³/mol. The van der Waals surface area contributed by atoms with E-state index < -0.39 is 0 Å². The molecule has 2 heteroatoms. The summed E-state index contributed by atoms with van der Waals surface area (Å²) in [5.74, 6) is 0. The van der Waals surface area contributed by atoms with Gasteiger partial charge in [0.2, 0.25) is 0 Å². The summed E-state index contributed by atoms with van der Waals surface area (Å²) in [7, 11) is 0. The predicted octanol–water partition coefficient (Wildman–Crippen LogP) is 5.33. The third-order valence-corrected chi connectivity index (χ3v) is 3.08. The van der Waals surface area contributed by atoms with Gasteiger partial charge in [-0.15, -0.1) is 0 Å². The van der Waals surface area contributed by atoms with Gasteiger partial charge in [0.1, 0.15) is 0 Å². The largest absolute Gasteiger partial charge is 0.0827 e. The first-order valence-electron chi connectivity index (χ1n) is 5.21. The summed E-state index contributed by atoms with van der Waals surface area (Å²) >= 11 is 11.2. The van der Waals surface area contributed by atoms with Crippen LogP contribution in [0.2, 0.25) is 10.0 Å². The molecule has 0 bridgehead atoms. The molecule has 0 N–H and O–H groups in total. The first-order valence-corrected chi connectivity index (χ1v) is 5.96. The van der Waals surface area contributed by atoms with Crippen LogP contribution in [0.15, 0.2) is 24.3 Å². The standard InChI is InChI=1S/C6H4Cl2.C6H12/c7-5-3-1-2-4-6(5)8;1-2-4-6-5-3-1/h1-4H;1-6H2. The topological polar surface area (TPSA) is 0 Å². The zero-order valence-electron chi connectivity index (χ0n) is 8.31. The van der Waals surface area contributed by atoms with Gasteiger partial charge in [-0.1, -0.05) is 73.9 Å². The second kappa shape index (κ2) is 7.14. The zero-order chi connectivity index (χ0) is 10.2. The van der Waals surface area contributed by atoms with Crippen molar-refractivity contribution < 1.29 is 0 Å². The lowest BCUT2D eigenvalue weighted by molar-refractivity contribution is 0.504. The number of benzene rings is 1. The second-order valence-electron chi connectivity index (χ2n) is 3.54. The summed E-state index contributed by atoms with van der Waals surface area (Å²) in [5, 5.41) is 1.21. The second-order valence-corrected chi connectivity index (χ2v) is 4.35. The Morgan fingerprint density at radius 3 is 1.14 bits per heavy atom. The van der Waals surface area contributed by atoms with Crippen molar-refractivity contribution in [3.8, 4) is 0 Å². The normalized spacial score (nSPS) is 15.6. The fourth-order valence-corrected chi connectivity index (χ4v) is 1.77. The van der Waals surface area contributed by atoms with Crippen LogP contribution in [0.4, 0.5) is 0 Å². The Labute approximate surface area is 96.2 Å². The quantitative estimate of drug-likeness (QED) is 0.565. The number of halogens is 2. The maximum Gasteiger partial charge on any atom is 0.0592 e. The van der Waals surface area contributed by atoms with Gasteiger partial charge >= 0.3 is 0 Å². The Hall–Kier alpha value is -0.200. The van der Waals surface area contributed by atoms with Crippen molar-refractivity contribution in [2.45, 2.75) is 38.5 Å². The highest BCUT2D eigenvalue weighted by Crippen LogP contribution is 2.19. The highest BCUT2D eigenvalue weighted by molar-refractivity contribution is 6.41. The van der Waals surface area contributed by atoms with E-state index in [4.69, 9.17) is 23.2 Å². The van der Waals surface area contributed by atoms with Crippen molar-refractivity contribution in [3.63, 3.8) is 0 Å². The first-order chi connectivity index (χ1) is 6.80. The summed E-state index contributed by atoms with van der Waals surface area (Å²) in [6, 6.07) is 7.19. The Kier molecular flexibility index (Phi) is 6.05. The molecule has 0 aliphatic heterocycles. The molecule has 0 aromatic heterocycles. The molecule has 78 valence electrons. The summed E-state index contributed by atoms with van der Waals surface area (Å²) in [5.41, 5.74) is 0. The first kappa shape index (κ1) is 11.9. The minimum absolute atomic E-state index is 0.606. The van der Waals surface area contributed by atoms with Crippen molar-refractivity contribution >= 4 is 23.2 Å². The van der Waals surface area contributed by atoms with Gasteiger partial charge in [-0.25, -0.2) is 0 Å². The third kappa shape index (κ3) is 4.88. The van der Waals surface area contributed by atoms with Gasteiger partial charge in [0.15, 0.2) is 0 Å².